The fourth-order valence-corrected chi connectivity index (χ4v) is 4.23. The van der Waals surface area contributed by atoms with Gasteiger partial charge in [0.15, 0.2) is 0 Å². The number of rotatable bonds is 4. The third kappa shape index (κ3) is 3.78. The SMILES string of the molecule is C[C@H](Sc1ncnc2sccc12)C(=O)Nc1cc(Cl)c(Cl)cc1Cl. The Kier molecular flexibility index (Phi) is 5.52. The number of nitrogens with one attached hydrogen (secondary N) is 1. The van der Waals surface area contributed by atoms with Crippen LogP contribution in [-0.4, -0.2) is 21.1 Å². The van der Waals surface area contributed by atoms with E-state index in [1.54, 1.807) is 6.92 Å². The van der Waals surface area contributed by atoms with E-state index in [-0.39, 0.29) is 11.2 Å². The third-order valence-electron chi connectivity index (χ3n) is 3.15. The van der Waals surface area contributed by atoms with Crippen LogP contribution in [0.25, 0.3) is 10.2 Å². The lowest BCUT2D eigenvalue weighted by atomic mass is 10.3. The van der Waals surface area contributed by atoms with Gasteiger partial charge in [-0.1, -0.05) is 46.6 Å². The Morgan fingerprint density at radius 2 is 1.96 bits per heavy atom. The molecule has 0 bridgehead atoms. The van der Waals surface area contributed by atoms with Crippen molar-refractivity contribution in [1.29, 1.82) is 0 Å². The van der Waals surface area contributed by atoms with Gasteiger partial charge in [0.1, 0.15) is 16.2 Å². The van der Waals surface area contributed by atoms with Crippen LogP contribution in [0.1, 0.15) is 6.92 Å². The van der Waals surface area contributed by atoms with Gasteiger partial charge in [0, 0.05) is 5.39 Å². The molecule has 0 fully saturated rings. The van der Waals surface area contributed by atoms with Gasteiger partial charge in [0.2, 0.25) is 5.91 Å². The smallest absolute Gasteiger partial charge is 0.237 e. The molecule has 2 aromatic heterocycles. The monoisotopic (exact) mass is 417 g/mol. The molecule has 0 aliphatic rings. The number of nitrogens with zero attached hydrogens (tertiary/aromatic N) is 2. The predicted octanol–water partition coefficient (Wildman–Crippen LogP) is 5.77. The van der Waals surface area contributed by atoms with Gasteiger partial charge in [-0.05, 0) is 30.5 Å². The third-order valence-corrected chi connectivity index (χ3v) is 6.12. The van der Waals surface area contributed by atoms with Gasteiger partial charge in [-0.2, -0.15) is 0 Å². The van der Waals surface area contributed by atoms with Crippen LogP contribution in [-0.2, 0) is 4.79 Å². The number of hydrogen-bond donors (Lipinski definition) is 1. The average molecular weight is 419 g/mol. The van der Waals surface area contributed by atoms with Crippen LogP contribution in [0.2, 0.25) is 15.1 Å². The first kappa shape index (κ1) is 17.8. The quantitative estimate of drug-likeness (QED) is 0.332. The molecule has 1 atom stereocenters. The summed E-state index contributed by atoms with van der Waals surface area (Å²) in [4.78, 5) is 21.8. The minimum atomic E-state index is -0.381. The van der Waals surface area contributed by atoms with Crippen molar-refractivity contribution in [3.8, 4) is 0 Å². The normalized spacial score (nSPS) is 12.3. The second-order valence-corrected chi connectivity index (χ2v) is 8.26. The van der Waals surface area contributed by atoms with E-state index >= 15 is 0 Å². The van der Waals surface area contributed by atoms with Crippen LogP contribution in [0.5, 0.6) is 0 Å². The van der Waals surface area contributed by atoms with Crippen LogP contribution in [0.4, 0.5) is 5.69 Å². The van der Waals surface area contributed by atoms with E-state index in [1.807, 2.05) is 11.4 Å². The Morgan fingerprint density at radius 1 is 1.21 bits per heavy atom. The maximum absolute atomic E-state index is 12.4. The van der Waals surface area contributed by atoms with Crippen molar-refractivity contribution in [2.45, 2.75) is 17.2 Å². The van der Waals surface area contributed by atoms with Gasteiger partial charge in [-0.25, -0.2) is 9.97 Å². The number of amides is 1. The molecule has 1 aromatic carbocycles. The largest absolute Gasteiger partial charge is 0.324 e. The topological polar surface area (TPSA) is 54.9 Å². The van der Waals surface area contributed by atoms with E-state index in [4.69, 9.17) is 34.8 Å². The summed E-state index contributed by atoms with van der Waals surface area (Å²) in [6.07, 6.45) is 1.50. The molecule has 2 heterocycles. The molecule has 4 nitrogen and oxygen atoms in total. The second-order valence-electron chi connectivity index (χ2n) is 4.81. The van der Waals surface area contributed by atoms with E-state index in [1.165, 1.54) is 41.6 Å². The molecule has 3 rings (SSSR count). The van der Waals surface area contributed by atoms with Crippen molar-refractivity contribution in [1.82, 2.24) is 9.97 Å². The molecule has 0 unspecified atom stereocenters. The van der Waals surface area contributed by atoms with E-state index in [0.29, 0.717) is 20.8 Å². The number of thioether (sulfide) groups is 1. The van der Waals surface area contributed by atoms with E-state index in [0.717, 1.165) is 15.2 Å². The zero-order valence-electron chi connectivity index (χ0n) is 12.2. The highest BCUT2D eigenvalue weighted by molar-refractivity contribution is 8.00. The number of aromatic nitrogens is 2. The summed E-state index contributed by atoms with van der Waals surface area (Å²) >= 11 is 20.8. The molecule has 0 saturated heterocycles. The second kappa shape index (κ2) is 7.45. The number of anilines is 1. The van der Waals surface area contributed by atoms with Crippen molar-refractivity contribution in [2.24, 2.45) is 0 Å². The average Bonchev–Trinajstić information content (AvgIpc) is 3.02. The Labute approximate surface area is 161 Å². The molecular formula is C15H10Cl3N3OS2. The molecule has 0 spiro atoms. The maximum atomic E-state index is 12.4. The van der Waals surface area contributed by atoms with Crippen molar-refractivity contribution < 1.29 is 4.79 Å². The Balaban J connectivity index is 1.76. The summed E-state index contributed by atoms with van der Waals surface area (Å²) in [5, 5.41) is 7.04. The van der Waals surface area contributed by atoms with Crippen molar-refractivity contribution in [3.05, 3.63) is 45.0 Å². The highest BCUT2D eigenvalue weighted by atomic mass is 35.5. The van der Waals surface area contributed by atoms with Crippen LogP contribution in [0.3, 0.4) is 0 Å². The number of hydrogen-bond acceptors (Lipinski definition) is 5. The highest BCUT2D eigenvalue weighted by Gasteiger charge is 2.19. The van der Waals surface area contributed by atoms with Crippen LogP contribution in [0.15, 0.2) is 34.9 Å². The number of carbonyl (C=O) groups is 1. The van der Waals surface area contributed by atoms with Crippen LogP contribution >= 0.6 is 57.9 Å². The van der Waals surface area contributed by atoms with E-state index in [9.17, 15) is 4.79 Å². The summed E-state index contributed by atoms with van der Waals surface area (Å²) in [7, 11) is 0. The molecule has 0 radical (unpaired) electrons. The fourth-order valence-electron chi connectivity index (χ4n) is 1.93. The highest BCUT2D eigenvalue weighted by Crippen LogP contribution is 2.34. The van der Waals surface area contributed by atoms with Crippen LogP contribution < -0.4 is 5.32 Å². The number of fused-ring (bicyclic) bond motifs is 1. The molecule has 1 amide bonds. The minimum absolute atomic E-state index is 0.206. The molecular weight excluding hydrogens is 409 g/mol. The summed E-state index contributed by atoms with van der Waals surface area (Å²) in [6.45, 7) is 1.80. The Bertz CT molecular complexity index is 916. The molecule has 9 heteroatoms. The summed E-state index contributed by atoms with van der Waals surface area (Å²) in [5.41, 5.74) is 0.423. The van der Waals surface area contributed by atoms with Gasteiger partial charge < -0.3 is 5.32 Å². The fraction of sp³-hybridized carbons (Fsp3) is 0.133. The Morgan fingerprint density at radius 3 is 2.75 bits per heavy atom. The van der Waals surface area contributed by atoms with E-state index in [2.05, 4.69) is 15.3 Å². The van der Waals surface area contributed by atoms with Gasteiger partial charge in [-0.3, -0.25) is 4.79 Å². The van der Waals surface area contributed by atoms with Gasteiger partial charge in [0.25, 0.3) is 0 Å². The van der Waals surface area contributed by atoms with Crippen LogP contribution in [0, 0.1) is 0 Å². The number of benzene rings is 1. The van der Waals surface area contributed by atoms with Crippen molar-refractivity contribution in [3.63, 3.8) is 0 Å². The molecule has 0 saturated carbocycles. The summed E-state index contributed by atoms with van der Waals surface area (Å²) in [5.74, 6) is -0.206. The lowest BCUT2D eigenvalue weighted by Gasteiger charge is -2.13. The molecule has 24 heavy (non-hydrogen) atoms. The molecule has 0 aliphatic carbocycles. The number of carbonyl (C=O) groups excluding carboxylic acids is 1. The lowest BCUT2D eigenvalue weighted by molar-refractivity contribution is -0.115. The maximum Gasteiger partial charge on any atom is 0.237 e. The number of thiophene rings is 1. The zero-order chi connectivity index (χ0) is 17.3. The summed E-state index contributed by atoms with van der Waals surface area (Å²) in [6, 6.07) is 4.98. The van der Waals surface area contributed by atoms with Gasteiger partial charge in [-0.15, -0.1) is 11.3 Å². The van der Waals surface area contributed by atoms with Crippen molar-refractivity contribution in [2.75, 3.05) is 5.32 Å². The van der Waals surface area contributed by atoms with E-state index < -0.39 is 0 Å². The standard InChI is InChI=1S/C15H10Cl3N3OS2/c1-7(24-15-8-2-3-23-14(8)19-6-20-15)13(22)21-12-5-10(17)9(16)4-11(12)18/h2-7H,1H3,(H,21,22)/t7-/m0/s1. The zero-order valence-corrected chi connectivity index (χ0v) is 16.1. The number of halogens is 3. The minimum Gasteiger partial charge on any atom is -0.324 e. The van der Waals surface area contributed by atoms with Gasteiger partial charge >= 0.3 is 0 Å². The molecule has 124 valence electrons. The summed E-state index contributed by atoms with van der Waals surface area (Å²) < 4.78 is 0. The Hall–Kier alpha value is -1.05. The van der Waals surface area contributed by atoms with Crippen molar-refractivity contribution >= 4 is 79.7 Å². The first-order chi connectivity index (χ1) is 11.5. The molecule has 3 aromatic rings. The first-order valence-corrected chi connectivity index (χ1v) is 9.65. The predicted molar refractivity (Wildman–Crippen MR) is 103 cm³/mol. The molecule has 0 aliphatic heterocycles. The lowest BCUT2D eigenvalue weighted by Crippen LogP contribution is -2.22. The van der Waals surface area contributed by atoms with Gasteiger partial charge in [0.05, 0.1) is 26.0 Å². The first-order valence-electron chi connectivity index (χ1n) is 6.76. The molecule has 1 N–H and O–H groups in total.